The van der Waals surface area contributed by atoms with Crippen LogP contribution in [-0.4, -0.2) is 19.4 Å². The molecular weight excluding hydrogens is 303 g/mol. The van der Waals surface area contributed by atoms with Crippen LogP contribution in [0.2, 0.25) is 0 Å². The average molecular weight is 334 g/mol. The molecule has 0 spiro atoms. The SMILES string of the molecule is CCCC1CCC(COc2ccc3c(c2)COC(CCF)C3)CC1. The maximum absolute atomic E-state index is 12.5. The first kappa shape index (κ1) is 17.7. The molecule has 1 atom stereocenters. The summed E-state index contributed by atoms with van der Waals surface area (Å²) in [4.78, 5) is 0. The van der Waals surface area contributed by atoms with Gasteiger partial charge in [0.1, 0.15) is 5.75 Å². The molecule has 0 aromatic heterocycles. The molecule has 1 saturated carbocycles. The highest BCUT2D eigenvalue weighted by Crippen LogP contribution is 2.32. The van der Waals surface area contributed by atoms with Crippen LogP contribution in [0.3, 0.4) is 0 Å². The molecular formula is C21H31FO2. The van der Waals surface area contributed by atoms with Gasteiger partial charge in [0.05, 0.1) is 26.0 Å². The van der Waals surface area contributed by atoms with Crippen molar-refractivity contribution in [1.29, 1.82) is 0 Å². The third kappa shape index (κ3) is 4.72. The quantitative estimate of drug-likeness (QED) is 0.658. The smallest absolute Gasteiger partial charge is 0.119 e. The molecule has 0 saturated heterocycles. The van der Waals surface area contributed by atoms with Crippen LogP contribution < -0.4 is 4.74 Å². The molecule has 0 amide bonds. The van der Waals surface area contributed by atoms with Crippen molar-refractivity contribution in [3.63, 3.8) is 0 Å². The Kier molecular flexibility index (Phi) is 6.53. The van der Waals surface area contributed by atoms with Crippen molar-refractivity contribution in [3.05, 3.63) is 29.3 Å². The molecule has 134 valence electrons. The molecule has 3 heteroatoms. The van der Waals surface area contributed by atoms with Crippen LogP contribution in [0.25, 0.3) is 0 Å². The summed E-state index contributed by atoms with van der Waals surface area (Å²) in [6, 6.07) is 6.32. The van der Waals surface area contributed by atoms with Crippen LogP contribution in [-0.2, 0) is 17.8 Å². The molecule has 1 aromatic rings. The maximum atomic E-state index is 12.5. The zero-order chi connectivity index (χ0) is 16.8. The molecule has 0 bridgehead atoms. The predicted octanol–water partition coefficient (Wildman–Crippen LogP) is 5.47. The summed E-state index contributed by atoms with van der Waals surface area (Å²) < 4.78 is 24.3. The summed E-state index contributed by atoms with van der Waals surface area (Å²) in [7, 11) is 0. The van der Waals surface area contributed by atoms with E-state index in [1.807, 2.05) is 0 Å². The molecule has 1 aromatic carbocycles. The molecule has 2 aliphatic rings. The van der Waals surface area contributed by atoms with E-state index in [1.165, 1.54) is 49.7 Å². The highest BCUT2D eigenvalue weighted by molar-refractivity contribution is 5.36. The number of hydrogen-bond donors (Lipinski definition) is 0. The number of benzene rings is 1. The van der Waals surface area contributed by atoms with Gasteiger partial charge in [-0.3, -0.25) is 4.39 Å². The Labute approximate surface area is 145 Å². The third-order valence-corrected chi connectivity index (χ3v) is 5.68. The van der Waals surface area contributed by atoms with Crippen molar-refractivity contribution in [2.75, 3.05) is 13.3 Å². The molecule has 1 fully saturated rings. The molecule has 3 rings (SSSR count). The second kappa shape index (κ2) is 8.84. The third-order valence-electron chi connectivity index (χ3n) is 5.68. The summed E-state index contributed by atoms with van der Waals surface area (Å²) in [6.45, 7) is 3.40. The topological polar surface area (TPSA) is 18.5 Å². The fourth-order valence-electron chi connectivity index (χ4n) is 4.15. The van der Waals surface area contributed by atoms with E-state index >= 15 is 0 Å². The maximum Gasteiger partial charge on any atom is 0.119 e. The van der Waals surface area contributed by atoms with E-state index in [-0.39, 0.29) is 12.8 Å². The monoisotopic (exact) mass is 334 g/mol. The van der Waals surface area contributed by atoms with Gasteiger partial charge in [0.2, 0.25) is 0 Å². The van der Waals surface area contributed by atoms with Gasteiger partial charge in [0.15, 0.2) is 0 Å². The van der Waals surface area contributed by atoms with Gasteiger partial charge < -0.3 is 9.47 Å². The van der Waals surface area contributed by atoms with E-state index in [9.17, 15) is 4.39 Å². The van der Waals surface area contributed by atoms with Crippen molar-refractivity contribution in [2.24, 2.45) is 11.8 Å². The van der Waals surface area contributed by atoms with Crippen molar-refractivity contribution < 1.29 is 13.9 Å². The van der Waals surface area contributed by atoms with Crippen LogP contribution in [0, 0.1) is 11.8 Å². The summed E-state index contributed by atoms with van der Waals surface area (Å²) >= 11 is 0. The fraction of sp³-hybridized carbons (Fsp3) is 0.714. The standard InChI is InChI=1S/C21H31FO2/c1-2-3-16-4-6-17(7-5-16)14-23-20-9-8-18-12-21(10-11-22)24-15-19(18)13-20/h8-9,13,16-17,21H,2-7,10-12,14-15H2,1H3. The van der Waals surface area contributed by atoms with Gasteiger partial charge in [-0.25, -0.2) is 0 Å². The van der Waals surface area contributed by atoms with Crippen LogP contribution in [0.1, 0.15) is 63.0 Å². The Bertz CT molecular complexity index is 509. The molecule has 1 aliphatic carbocycles. The van der Waals surface area contributed by atoms with Gasteiger partial charge in [-0.1, -0.05) is 38.7 Å². The Morgan fingerprint density at radius 3 is 2.62 bits per heavy atom. The van der Waals surface area contributed by atoms with Gasteiger partial charge >= 0.3 is 0 Å². The summed E-state index contributed by atoms with van der Waals surface area (Å²) in [5.41, 5.74) is 2.49. The Morgan fingerprint density at radius 1 is 1.08 bits per heavy atom. The molecule has 24 heavy (non-hydrogen) atoms. The highest BCUT2D eigenvalue weighted by atomic mass is 19.1. The zero-order valence-corrected chi connectivity index (χ0v) is 14.9. The second-order valence-corrected chi connectivity index (χ2v) is 7.53. The van der Waals surface area contributed by atoms with Gasteiger partial charge in [-0.05, 0) is 54.4 Å². The Morgan fingerprint density at radius 2 is 1.88 bits per heavy atom. The summed E-state index contributed by atoms with van der Waals surface area (Å²) in [5.74, 6) is 2.61. The fourth-order valence-corrected chi connectivity index (χ4v) is 4.15. The van der Waals surface area contributed by atoms with Crippen molar-refractivity contribution in [1.82, 2.24) is 0 Å². The van der Waals surface area contributed by atoms with Gasteiger partial charge in [0, 0.05) is 6.42 Å². The molecule has 1 heterocycles. The number of rotatable bonds is 7. The normalized spacial score (nSPS) is 26.8. The summed E-state index contributed by atoms with van der Waals surface area (Å²) in [6.07, 6.45) is 9.42. The number of fused-ring (bicyclic) bond motifs is 1. The molecule has 1 aliphatic heterocycles. The van der Waals surface area contributed by atoms with E-state index in [1.54, 1.807) is 0 Å². The molecule has 0 radical (unpaired) electrons. The minimum Gasteiger partial charge on any atom is -0.493 e. The van der Waals surface area contributed by atoms with E-state index in [2.05, 4.69) is 25.1 Å². The minimum absolute atomic E-state index is 0.0348. The Hall–Kier alpha value is -1.09. The van der Waals surface area contributed by atoms with Crippen molar-refractivity contribution in [3.8, 4) is 5.75 Å². The first-order valence-corrected chi connectivity index (χ1v) is 9.70. The van der Waals surface area contributed by atoms with E-state index in [0.29, 0.717) is 18.9 Å². The van der Waals surface area contributed by atoms with Gasteiger partial charge in [0.25, 0.3) is 0 Å². The molecule has 2 nitrogen and oxygen atoms in total. The van der Waals surface area contributed by atoms with E-state index in [4.69, 9.17) is 9.47 Å². The number of hydrogen-bond acceptors (Lipinski definition) is 2. The van der Waals surface area contributed by atoms with Crippen molar-refractivity contribution >= 4 is 0 Å². The first-order chi connectivity index (χ1) is 11.8. The largest absolute Gasteiger partial charge is 0.493 e. The van der Waals surface area contributed by atoms with Crippen LogP contribution in [0.15, 0.2) is 18.2 Å². The first-order valence-electron chi connectivity index (χ1n) is 9.70. The van der Waals surface area contributed by atoms with Gasteiger partial charge in [-0.2, -0.15) is 0 Å². The molecule has 1 unspecified atom stereocenters. The van der Waals surface area contributed by atoms with Crippen LogP contribution in [0.5, 0.6) is 5.75 Å². The lowest BCUT2D eigenvalue weighted by Gasteiger charge is -2.28. The zero-order valence-electron chi connectivity index (χ0n) is 14.9. The number of halogens is 1. The lowest BCUT2D eigenvalue weighted by molar-refractivity contribution is 0.0193. The average Bonchev–Trinajstić information content (AvgIpc) is 2.61. The summed E-state index contributed by atoms with van der Waals surface area (Å²) in [5, 5.41) is 0. The predicted molar refractivity (Wildman–Crippen MR) is 95.2 cm³/mol. The van der Waals surface area contributed by atoms with Gasteiger partial charge in [-0.15, -0.1) is 0 Å². The Balaban J connectivity index is 1.47. The molecule has 0 N–H and O–H groups in total. The minimum atomic E-state index is -0.304. The van der Waals surface area contributed by atoms with E-state index in [0.717, 1.165) is 24.7 Å². The van der Waals surface area contributed by atoms with Crippen molar-refractivity contribution in [2.45, 2.75) is 71.0 Å². The number of alkyl halides is 1. The van der Waals surface area contributed by atoms with Crippen LogP contribution >= 0.6 is 0 Å². The lowest BCUT2D eigenvalue weighted by Crippen LogP contribution is -2.23. The van der Waals surface area contributed by atoms with E-state index < -0.39 is 0 Å². The number of ether oxygens (including phenoxy) is 2. The second-order valence-electron chi connectivity index (χ2n) is 7.53. The highest BCUT2D eigenvalue weighted by Gasteiger charge is 2.22. The lowest BCUT2D eigenvalue weighted by atomic mass is 9.80. The van der Waals surface area contributed by atoms with Crippen LogP contribution in [0.4, 0.5) is 4.39 Å².